The van der Waals surface area contributed by atoms with Gasteiger partial charge in [0.1, 0.15) is 34.1 Å². The predicted octanol–water partition coefficient (Wildman–Crippen LogP) is 9.96. The minimum Gasteiger partial charge on any atom is -0.457 e. The van der Waals surface area contributed by atoms with E-state index in [1.807, 2.05) is 103 Å². The van der Waals surface area contributed by atoms with Crippen molar-refractivity contribution in [2.24, 2.45) is 0 Å². The summed E-state index contributed by atoms with van der Waals surface area (Å²) in [6.07, 6.45) is 0. The number of nitrogens with zero attached hydrogens (tertiary/aromatic N) is 6. The zero-order valence-electron chi connectivity index (χ0n) is 28.1. The summed E-state index contributed by atoms with van der Waals surface area (Å²) in [5, 5.41) is 3.70. The SMILES string of the molecule is CC(C)(C)c1ccc(Oc2ccc3c(c2)-c2nc-3nc3[nH]c(nc4nc(nc5[nH]c(n2)c2ccccc52)-c2ccccc2-4)c2ccccc32)cc1. The van der Waals surface area contributed by atoms with E-state index >= 15 is 0 Å². The number of nitrogens with one attached hydrogen (secondary N) is 2. The van der Waals surface area contributed by atoms with E-state index in [1.54, 1.807) is 0 Å². The van der Waals surface area contributed by atoms with Crippen LogP contribution in [0.1, 0.15) is 26.3 Å². The normalized spacial score (nSPS) is 12.2. The molecule has 8 aromatic rings. The minimum atomic E-state index is 0.0528. The lowest BCUT2D eigenvalue weighted by Crippen LogP contribution is -2.10. The van der Waals surface area contributed by atoms with Gasteiger partial charge < -0.3 is 14.7 Å². The highest BCUT2D eigenvalue weighted by molar-refractivity contribution is 6.06. The van der Waals surface area contributed by atoms with Gasteiger partial charge in [0.25, 0.3) is 0 Å². The topological polar surface area (TPSA) is 118 Å². The molecule has 0 spiro atoms. The maximum atomic E-state index is 6.38. The first-order valence-electron chi connectivity index (χ1n) is 16.9. The van der Waals surface area contributed by atoms with Gasteiger partial charge in [0.2, 0.25) is 0 Å². The molecule has 5 heterocycles. The first-order valence-corrected chi connectivity index (χ1v) is 16.9. The van der Waals surface area contributed by atoms with Crippen LogP contribution in [0.15, 0.2) is 115 Å². The smallest absolute Gasteiger partial charge is 0.164 e. The highest BCUT2D eigenvalue weighted by Gasteiger charge is 2.23. The van der Waals surface area contributed by atoms with Crippen LogP contribution in [-0.2, 0) is 5.41 Å². The molecular formula is C42H30N8O. The quantitative estimate of drug-likeness (QED) is 0.189. The van der Waals surface area contributed by atoms with Crippen molar-refractivity contribution in [1.82, 2.24) is 39.9 Å². The minimum absolute atomic E-state index is 0.0528. The Hall–Kier alpha value is -6.74. The van der Waals surface area contributed by atoms with E-state index in [0.717, 1.165) is 49.5 Å². The standard InChI is InChI=1S/C42H30N8O/c1-42(2,3)23-16-18-24(19-17-23)51-25-20-21-32-33(22-25)41-49-39-31-15-9-8-14-30(31)37(47-39)45-35-27-11-5-4-10-26(27)34(43-35)44-36-28-12-6-7-13-29(28)38(46-36)48-40(32)50-41/h4-22H,1-3H3,(H2,43,44,45,46,47,48,49,50). The summed E-state index contributed by atoms with van der Waals surface area (Å²) >= 11 is 0. The number of hydrogen-bond donors (Lipinski definition) is 2. The van der Waals surface area contributed by atoms with Gasteiger partial charge in [-0.1, -0.05) is 106 Å². The van der Waals surface area contributed by atoms with E-state index in [2.05, 4.69) is 42.9 Å². The number of benzene rings is 5. The van der Waals surface area contributed by atoms with Crippen molar-refractivity contribution in [2.45, 2.75) is 26.2 Å². The number of ether oxygens (including phenoxy) is 1. The van der Waals surface area contributed by atoms with Gasteiger partial charge in [-0.15, -0.1) is 0 Å². The Bertz CT molecular complexity index is 2880. The van der Waals surface area contributed by atoms with Crippen molar-refractivity contribution in [2.75, 3.05) is 0 Å². The van der Waals surface area contributed by atoms with E-state index in [0.29, 0.717) is 51.6 Å². The summed E-state index contributed by atoms with van der Waals surface area (Å²) in [4.78, 5) is 37.4. The van der Waals surface area contributed by atoms with Gasteiger partial charge in [-0.2, -0.15) is 0 Å². The van der Waals surface area contributed by atoms with E-state index in [1.165, 1.54) is 5.56 Å². The molecule has 9 heteroatoms. The third-order valence-corrected chi connectivity index (χ3v) is 9.48. The molecule has 10 rings (SSSR count). The zero-order chi connectivity index (χ0) is 34.3. The summed E-state index contributed by atoms with van der Waals surface area (Å²) in [6.45, 7) is 6.60. The Balaban J connectivity index is 1.25. The highest BCUT2D eigenvalue weighted by atomic mass is 16.5. The van der Waals surface area contributed by atoms with Crippen molar-refractivity contribution in [3.8, 4) is 57.1 Å². The van der Waals surface area contributed by atoms with Crippen LogP contribution in [0.3, 0.4) is 0 Å². The van der Waals surface area contributed by atoms with Crippen LogP contribution in [0.5, 0.6) is 11.5 Å². The Morgan fingerprint density at radius 3 is 1.25 bits per heavy atom. The van der Waals surface area contributed by atoms with Crippen molar-refractivity contribution in [3.63, 3.8) is 0 Å². The van der Waals surface area contributed by atoms with E-state index in [9.17, 15) is 0 Å². The van der Waals surface area contributed by atoms with Crippen molar-refractivity contribution in [3.05, 3.63) is 121 Å². The van der Waals surface area contributed by atoms with Gasteiger partial charge in [0.05, 0.1) is 0 Å². The van der Waals surface area contributed by atoms with Gasteiger partial charge in [0, 0.05) is 43.8 Å². The number of aromatic nitrogens is 8. The van der Waals surface area contributed by atoms with Crippen LogP contribution in [0.25, 0.3) is 89.7 Å². The second-order valence-corrected chi connectivity index (χ2v) is 13.8. The molecule has 0 saturated heterocycles. The molecule has 2 N–H and O–H groups in total. The van der Waals surface area contributed by atoms with Gasteiger partial charge in [-0.3, -0.25) is 0 Å². The molecule has 51 heavy (non-hydrogen) atoms. The molecule has 0 aliphatic carbocycles. The largest absolute Gasteiger partial charge is 0.457 e. The van der Waals surface area contributed by atoms with E-state index < -0.39 is 0 Å². The lowest BCUT2D eigenvalue weighted by atomic mass is 9.87. The molecule has 8 bridgehead atoms. The molecule has 2 aliphatic rings. The summed E-state index contributed by atoms with van der Waals surface area (Å²) < 4.78 is 6.38. The van der Waals surface area contributed by atoms with Crippen molar-refractivity contribution >= 4 is 44.1 Å². The third kappa shape index (κ3) is 4.85. The zero-order valence-corrected chi connectivity index (χ0v) is 28.1. The number of hydrogen-bond acceptors (Lipinski definition) is 7. The van der Waals surface area contributed by atoms with Crippen LogP contribution in [0, 0.1) is 0 Å². The molecule has 0 atom stereocenters. The second kappa shape index (κ2) is 10.9. The lowest BCUT2D eigenvalue weighted by molar-refractivity contribution is 0.481. The van der Waals surface area contributed by atoms with Gasteiger partial charge in [0.15, 0.2) is 23.3 Å². The molecular weight excluding hydrogens is 633 g/mol. The average molecular weight is 663 g/mol. The summed E-state index contributed by atoms with van der Waals surface area (Å²) in [5.41, 5.74) is 7.38. The van der Waals surface area contributed by atoms with Crippen LogP contribution in [0.2, 0.25) is 0 Å². The van der Waals surface area contributed by atoms with Crippen molar-refractivity contribution in [1.29, 1.82) is 0 Å². The Morgan fingerprint density at radius 1 is 0.412 bits per heavy atom. The Morgan fingerprint density at radius 2 is 0.804 bits per heavy atom. The van der Waals surface area contributed by atoms with Gasteiger partial charge >= 0.3 is 0 Å². The molecule has 2 aliphatic heterocycles. The summed E-state index contributed by atoms with van der Waals surface area (Å²) in [6, 6.07) is 38.3. The Kier molecular flexibility index (Phi) is 6.23. The van der Waals surface area contributed by atoms with Crippen LogP contribution in [0.4, 0.5) is 0 Å². The number of aromatic amines is 2. The fourth-order valence-corrected chi connectivity index (χ4v) is 6.84. The second-order valence-electron chi connectivity index (χ2n) is 13.8. The molecule has 0 fully saturated rings. The molecule has 9 nitrogen and oxygen atoms in total. The predicted molar refractivity (Wildman–Crippen MR) is 201 cm³/mol. The highest BCUT2D eigenvalue weighted by Crippen LogP contribution is 2.39. The fraction of sp³-hybridized carbons (Fsp3) is 0.0952. The molecule has 5 aromatic carbocycles. The number of rotatable bonds is 2. The first-order chi connectivity index (χ1) is 24.9. The van der Waals surface area contributed by atoms with Crippen LogP contribution < -0.4 is 4.74 Å². The molecule has 0 radical (unpaired) electrons. The number of H-pyrrole nitrogens is 2. The maximum absolute atomic E-state index is 6.38. The summed E-state index contributed by atoms with van der Waals surface area (Å²) in [7, 11) is 0. The van der Waals surface area contributed by atoms with Gasteiger partial charge in [-0.05, 0) is 41.3 Å². The molecule has 3 aromatic heterocycles. The van der Waals surface area contributed by atoms with E-state index in [-0.39, 0.29) is 5.41 Å². The summed E-state index contributed by atoms with van der Waals surface area (Å²) in [5.74, 6) is 3.64. The van der Waals surface area contributed by atoms with Crippen LogP contribution in [-0.4, -0.2) is 39.9 Å². The lowest BCUT2D eigenvalue weighted by Gasteiger charge is -2.19. The fourth-order valence-electron chi connectivity index (χ4n) is 6.84. The average Bonchev–Trinajstić information content (AvgIpc) is 3.87. The van der Waals surface area contributed by atoms with Crippen LogP contribution >= 0.6 is 0 Å². The first kappa shape index (κ1) is 29.2. The molecule has 0 saturated carbocycles. The van der Waals surface area contributed by atoms with E-state index in [4.69, 9.17) is 34.6 Å². The Labute approximate surface area is 292 Å². The molecule has 0 amide bonds. The molecule has 0 unspecified atom stereocenters. The third-order valence-electron chi connectivity index (χ3n) is 9.48. The van der Waals surface area contributed by atoms with Gasteiger partial charge in [-0.25, -0.2) is 29.9 Å². The number of fused-ring (bicyclic) bond motifs is 20. The maximum Gasteiger partial charge on any atom is 0.164 e. The monoisotopic (exact) mass is 662 g/mol. The molecule has 244 valence electrons. The van der Waals surface area contributed by atoms with Crippen molar-refractivity contribution < 1.29 is 4.74 Å².